The van der Waals surface area contributed by atoms with Gasteiger partial charge in [-0.05, 0) is 24.3 Å². The fourth-order valence-corrected chi connectivity index (χ4v) is 2.93. The Labute approximate surface area is 140 Å². The molecular formula is C14H12N8OS. The zero-order valence-electron chi connectivity index (χ0n) is 12.6. The first kappa shape index (κ1) is 14.5. The van der Waals surface area contributed by atoms with E-state index in [1.807, 2.05) is 36.6 Å². The summed E-state index contributed by atoms with van der Waals surface area (Å²) in [5.74, 6) is -0.381. The average molecular weight is 340 g/mol. The van der Waals surface area contributed by atoms with Gasteiger partial charge >= 0.3 is 0 Å². The molecular weight excluding hydrogens is 328 g/mol. The zero-order chi connectivity index (χ0) is 16.5. The number of tetrazole rings is 1. The second-order valence-electron chi connectivity index (χ2n) is 5.10. The number of hydrogen-bond donors (Lipinski definition) is 1. The molecule has 3 heterocycles. The number of carbonyl (C=O) groups is 1. The van der Waals surface area contributed by atoms with Gasteiger partial charge in [-0.15, -0.1) is 26.3 Å². The summed E-state index contributed by atoms with van der Waals surface area (Å²) < 4.78 is 1.68. The summed E-state index contributed by atoms with van der Waals surface area (Å²) in [6.07, 6.45) is 1.48. The van der Waals surface area contributed by atoms with Crippen molar-refractivity contribution in [1.82, 2.24) is 40.1 Å². The van der Waals surface area contributed by atoms with Crippen LogP contribution in [0.15, 0.2) is 36.0 Å². The van der Waals surface area contributed by atoms with Crippen LogP contribution in [0.2, 0.25) is 0 Å². The highest BCUT2D eigenvalue weighted by molar-refractivity contribution is 7.15. The monoisotopic (exact) mass is 340 g/mol. The Kier molecular flexibility index (Phi) is 3.50. The fourth-order valence-electron chi connectivity index (χ4n) is 2.14. The van der Waals surface area contributed by atoms with Crippen molar-refractivity contribution < 1.29 is 4.79 Å². The maximum Gasteiger partial charge on any atom is 0.293 e. The minimum atomic E-state index is -0.396. The summed E-state index contributed by atoms with van der Waals surface area (Å²) in [5, 5.41) is 20.6. The lowest BCUT2D eigenvalue weighted by atomic mass is 10.2. The SMILES string of the molecule is Cc1ccc(-n2nnc(C(=O)NCc3csc4ncnn34)n2)cc1. The van der Waals surface area contributed by atoms with Crippen LogP contribution >= 0.6 is 11.3 Å². The first-order valence-electron chi connectivity index (χ1n) is 7.12. The molecule has 4 aromatic rings. The zero-order valence-corrected chi connectivity index (χ0v) is 13.4. The third kappa shape index (κ3) is 2.63. The van der Waals surface area contributed by atoms with Gasteiger partial charge in [0.25, 0.3) is 11.7 Å². The van der Waals surface area contributed by atoms with Gasteiger partial charge in [-0.2, -0.15) is 5.10 Å². The summed E-state index contributed by atoms with van der Waals surface area (Å²) in [5.41, 5.74) is 2.72. The maximum atomic E-state index is 12.2. The van der Waals surface area contributed by atoms with Crippen LogP contribution in [0.1, 0.15) is 21.9 Å². The summed E-state index contributed by atoms with van der Waals surface area (Å²) >= 11 is 1.46. The highest BCUT2D eigenvalue weighted by Crippen LogP contribution is 2.12. The lowest BCUT2D eigenvalue weighted by molar-refractivity contribution is 0.0939. The number of fused-ring (bicyclic) bond motifs is 1. The molecule has 0 atom stereocenters. The van der Waals surface area contributed by atoms with Crippen LogP contribution in [-0.4, -0.2) is 40.7 Å². The van der Waals surface area contributed by atoms with Gasteiger partial charge in [0.05, 0.1) is 17.9 Å². The normalized spacial score (nSPS) is 11.0. The summed E-state index contributed by atoms with van der Waals surface area (Å²) in [6, 6.07) is 7.62. The van der Waals surface area contributed by atoms with E-state index < -0.39 is 5.91 Å². The molecule has 0 radical (unpaired) electrons. The Morgan fingerprint density at radius 3 is 2.96 bits per heavy atom. The van der Waals surface area contributed by atoms with Gasteiger partial charge in [0, 0.05) is 5.38 Å². The Balaban J connectivity index is 1.47. The van der Waals surface area contributed by atoms with E-state index in [2.05, 4.69) is 30.8 Å². The molecule has 0 aliphatic rings. The number of rotatable bonds is 4. The molecule has 0 aliphatic heterocycles. The number of amides is 1. The molecule has 4 rings (SSSR count). The van der Waals surface area contributed by atoms with Crippen molar-refractivity contribution >= 4 is 22.2 Å². The maximum absolute atomic E-state index is 12.2. The Morgan fingerprint density at radius 2 is 2.12 bits per heavy atom. The molecule has 0 unspecified atom stereocenters. The van der Waals surface area contributed by atoms with E-state index in [0.717, 1.165) is 21.9 Å². The van der Waals surface area contributed by atoms with E-state index in [1.165, 1.54) is 22.5 Å². The molecule has 0 fully saturated rings. The number of carbonyl (C=O) groups excluding carboxylic acids is 1. The lowest BCUT2D eigenvalue weighted by Crippen LogP contribution is -2.25. The van der Waals surface area contributed by atoms with E-state index in [9.17, 15) is 4.79 Å². The molecule has 1 amide bonds. The van der Waals surface area contributed by atoms with Gasteiger partial charge in [-0.1, -0.05) is 17.7 Å². The van der Waals surface area contributed by atoms with Gasteiger partial charge < -0.3 is 5.32 Å². The first-order valence-corrected chi connectivity index (χ1v) is 8.00. The van der Waals surface area contributed by atoms with Gasteiger partial charge in [-0.3, -0.25) is 4.79 Å². The standard InChI is InChI=1S/C14H12N8OS/c1-9-2-4-10(5-3-9)22-19-12(18-20-22)13(23)15-6-11-7-24-14-16-8-17-21(11)14/h2-5,7-8H,6H2,1H3,(H,15,23). The second-order valence-corrected chi connectivity index (χ2v) is 5.94. The van der Waals surface area contributed by atoms with E-state index >= 15 is 0 Å². The molecule has 10 heteroatoms. The average Bonchev–Trinajstić information content (AvgIpc) is 3.30. The Bertz CT molecular complexity index is 999. The largest absolute Gasteiger partial charge is 0.344 e. The number of benzene rings is 1. The molecule has 0 aliphatic carbocycles. The van der Waals surface area contributed by atoms with E-state index in [0.29, 0.717) is 6.54 Å². The predicted octanol–water partition coefficient (Wildman–Crippen LogP) is 1.00. The van der Waals surface area contributed by atoms with Gasteiger partial charge in [0.1, 0.15) is 6.33 Å². The van der Waals surface area contributed by atoms with E-state index in [4.69, 9.17) is 0 Å². The van der Waals surface area contributed by atoms with Gasteiger partial charge in [-0.25, -0.2) is 9.50 Å². The van der Waals surface area contributed by atoms with Crippen LogP contribution in [0, 0.1) is 6.92 Å². The van der Waals surface area contributed by atoms with Gasteiger partial charge in [0.15, 0.2) is 0 Å². The summed E-state index contributed by atoms with van der Waals surface area (Å²) in [7, 11) is 0. The smallest absolute Gasteiger partial charge is 0.293 e. The number of nitrogens with one attached hydrogen (secondary N) is 1. The molecule has 1 N–H and O–H groups in total. The van der Waals surface area contributed by atoms with Crippen molar-refractivity contribution in [2.75, 3.05) is 0 Å². The van der Waals surface area contributed by atoms with Crippen LogP contribution in [0.25, 0.3) is 10.6 Å². The first-order chi connectivity index (χ1) is 11.7. The molecule has 0 spiro atoms. The van der Waals surface area contributed by atoms with Crippen molar-refractivity contribution in [3.8, 4) is 5.69 Å². The third-order valence-electron chi connectivity index (χ3n) is 3.40. The predicted molar refractivity (Wildman–Crippen MR) is 85.9 cm³/mol. The summed E-state index contributed by atoms with van der Waals surface area (Å²) in [4.78, 5) is 18.4. The molecule has 120 valence electrons. The quantitative estimate of drug-likeness (QED) is 0.594. The minimum absolute atomic E-state index is 0.0145. The number of aryl methyl sites for hydroxylation is 1. The molecule has 24 heavy (non-hydrogen) atoms. The van der Waals surface area contributed by atoms with Crippen molar-refractivity contribution in [1.29, 1.82) is 0 Å². The van der Waals surface area contributed by atoms with Crippen LogP contribution in [0.4, 0.5) is 0 Å². The van der Waals surface area contributed by atoms with Crippen molar-refractivity contribution in [3.05, 3.63) is 53.1 Å². The Hall–Kier alpha value is -3.14. The molecule has 1 aromatic carbocycles. The van der Waals surface area contributed by atoms with Crippen molar-refractivity contribution in [2.24, 2.45) is 0 Å². The number of nitrogens with zero attached hydrogens (tertiary/aromatic N) is 7. The second kappa shape index (κ2) is 5.81. The highest BCUT2D eigenvalue weighted by Gasteiger charge is 2.14. The van der Waals surface area contributed by atoms with Gasteiger partial charge in [0.2, 0.25) is 4.96 Å². The van der Waals surface area contributed by atoms with Crippen molar-refractivity contribution in [3.63, 3.8) is 0 Å². The highest BCUT2D eigenvalue weighted by atomic mass is 32.1. The lowest BCUT2D eigenvalue weighted by Gasteiger charge is -2.00. The van der Waals surface area contributed by atoms with Crippen LogP contribution in [0.5, 0.6) is 0 Å². The van der Waals surface area contributed by atoms with E-state index in [-0.39, 0.29) is 5.82 Å². The fraction of sp³-hybridized carbons (Fsp3) is 0.143. The van der Waals surface area contributed by atoms with Crippen LogP contribution < -0.4 is 5.32 Å². The molecule has 0 saturated heterocycles. The number of aromatic nitrogens is 7. The minimum Gasteiger partial charge on any atom is -0.344 e. The van der Waals surface area contributed by atoms with Crippen LogP contribution in [-0.2, 0) is 6.54 Å². The Morgan fingerprint density at radius 1 is 1.29 bits per heavy atom. The molecule has 3 aromatic heterocycles. The molecule has 9 nitrogen and oxygen atoms in total. The summed E-state index contributed by atoms with van der Waals surface area (Å²) in [6.45, 7) is 2.30. The number of hydrogen-bond acceptors (Lipinski definition) is 7. The van der Waals surface area contributed by atoms with E-state index in [1.54, 1.807) is 4.52 Å². The number of thiazole rings is 1. The van der Waals surface area contributed by atoms with Crippen LogP contribution in [0.3, 0.4) is 0 Å². The molecule has 0 bridgehead atoms. The molecule has 0 saturated carbocycles. The third-order valence-corrected chi connectivity index (χ3v) is 4.28. The topological polar surface area (TPSA) is 103 Å². The van der Waals surface area contributed by atoms with Crippen molar-refractivity contribution in [2.45, 2.75) is 13.5 Å².